The number of aromatic amines is 1. The highest BCUT2D eigenvalue weighted by Gasteiger charge is 2.21. The summed E-state index contributed by atoms with van der Waals surface area (Å²) < 4.78 is 6.14. The van der Waals surface area contributed by atoms with Gasteiger partial charge in [-0.25, -0.2) is 4.98 Å². The number of hydrogen-bond acceptors (Lipinski definition) is 4. The molecule has 1 aliphatic rings. The van der Waals surface area contributed by atoms with E-state index < -0.39 is 0 Å². The van der Waals surface area contributed by atoms with Gasteiger partial charge < -0.3 is 14.6 Å². The fraction of sp³-hybridized carbons (Fsp3) is 0.231. The van der Waals surface area contributed by atoms with Crippen molar-refractivity contribution in [2.75, 3.05) is 18.1 Å². The Morgan fingerprint density at radius 2 is 2.21 bits per heavy atom. The zero-order valence-electron chi connectivity index (χ0n) is 10.1. The summed E-state index contributed by atoms with van der Waals surface area (Å²) in [6.45, 7) is 1.42. The van der Waals surface area contributed by atoms with Crippen LogP contribution in [-0.4, -0.2) is 23.1 Å². The molecule has 1 aromatic heterocycles. The van der Waals surface area contributed by atoms with Crippen LogP contribution in [-0.2, 0) is 0 Å². The average molecular weight is 322 g/mol. The fourth-order valence-corrected chi connectivity index (χ4v) is 2.54. The minimum atomic E-state index is -0.187. The first-order valence-corrected chi connectivity index (χ1v) is 6.79. The summed E-state index contributed by atoms with van der Waals surface area (Å²) in [6.07, 6.45) is 2.28. The van der Waals surface area contributed by atoms with Gasteiger partial charge in [0.1, 0.15) is 10.2 Å². The van der Waals surface area contributed by atoms with E-state index in [9.17, 15) is 4.79 Å². The maximum Gasteiger partial charge on any atom is 0.267 e. The van der Waals surface area contributed by atoms with Gasteiger partial charge in [0.05, 0.1) is 18.6 Å². The van der Waals surface area contributed by atoms with Gasteiger partial charge in [-0.15, -0.1) is 0 Å². The van der Waals surface area contributed by atoms with Gasteiger partial charge in [-0.1, -0.05) is 12.1 Å². The van der Waals surface area contributed by atoms with E-state index in [0.717, 1.165) is 24.4 Å². The van der Waals surface area contributed by atoms with E-state index in [2.05, 4.69) is 25.9 Å². The lowest BCUT2D eigenvalue weighted by Gasteiger charge is -2.23. The van der Waals surface area contributed by atoms with Crippen LogP contribution >= 0.6 is 15.9 Å². The number of anilines is 2. The van der Waals surface area contributed by atoms with E-state index in [1.165, 1.54) is 6.33 Å². The Balaban J connectivity index is 2.14. The van der Waals surface area contributed by atoms with Gasteiger partial charge in [-0.2, -0.15) is 0 Å². The largest absolute Gasteiger partial charge is 0.491 e. The van der Waals surface area contributed by atoms with Gasteiger partial charge in [-0.05, 0) is 34.5 Å². The van der Waals surface area contributed by atoms with Crippen molar-refractivity contribution in [3.63, 3.8) is 0 Å². The third-order valence-corrected chi connectivity index (χ3v) is 3.69. The third-order valence-electron chi connectivity index (χ3n) is 2.97. The standard InChI is InChI=1S/C13H12BrN3O2/c14-11-12(15-8-16-13(11)18)17-6-3-7-19-10-5-2-1-4-9(10)17/h1-2,4-5,8H,3,6-7H2,(H,15,16,18). The third kappa shape index (κ3) is 2.23. The SMILES string of the molecule is O=c1[nH]cnc(N2CCCOc3ccccc32)c1Br. The molecule has 3 rings (SSSR count). The Morgan fingerprint density at radius 1 is 1.37 bits per heavy atom. The van der Waals surface area contributed by atoms with E-state index in [-0.39, 0.29) is 5.56 Å². The molecule has 0 saturated carbocycles. The lowest BCUT2D eigenvalue weighted by molar-refractivity contribution is 0.322. The molecule has 5 nitrogen and oxygen atoms in total. The summed E-state index contributed by atoms with van der Waals surface area (Å²) in [5, 5.41) is 0. The second-order valence-electron chi connectivity index (χ2n) is 4.19. The Labute approximate surface area is 118 Å². The second kappa shape index (κ2) is 5.05. The number of para-hydroxylation sites is 2. The number of nitrogens with one attached hydrogen (secondary N) is 1. The molecule has 19 heavy (non-hydrogen) atoms. The Morgan fingerprint density at radius 3 is 3.11 bits per heavy atom. The predicted octanol–water partition coefficient (Wildman–Crippen LogP) is 2.45. The zero-order chi connectivity index (χ0) is 13.2. The number of benzene rings is 1. The molecule has 98 valence electrons. The smallest absolute Gasteiger partial charge is 0.267 e. The van der Waals surface area contributed by atoms with Gasteiger partial charge in [0.15, 0.2) is 5.82 Å². The molecule has 1 aliphatic heterocycles. The molecule has 1 N–H and O–H groups in total. The van der Waals surface area contributed by atoms with Crippen LogP contribution in [0.4, 0.5) is 11.5 Å². The molecule has 0 atom stereocenters. The molecular weight excluding hydrogens is 310 g/mol. The molecule has 0 amide bonds. The van der Waals surface area contributed by atoms with Crippen LogP contribution in [0, 0.1) is 0 Å². The summed E-state index contributed by atoms with van der Waals surface area (Å²) in [5.41, 5.74) is 0.742. The fourth-order valence-electron chi connectivity index (χ4n) is 2.11. The maximum atomic E-state index is 11.7. The van der Waals surface area contributed by atoms with E-state index in [4.69, 9.17) is 4.74 Å². The number of nitrogens with zero attached hydrogens (tertiary/aromatic N) is 2. The van der Waals surface area contributed by atoms with Crippen LogP contribution < -0.4 is 15.2 Å². The molecule has 6 heteroatoms. The van der Waals surface area contributed by atoms with Crippen molar-refractivity contribution in [2.24, 2.45) is 0 Å². The minimum Gasteiger partial charge on any atom is -0.491 e. The minimum absolute atomic E-state index is 0.187. The molecule has 0 aliphatic carbocycles. The number of aromatic nitrogens is 2. The van der Waals surface area contributed by atoms with Crippen LogP contribution in [0.1, 0.15) is 6.42 Å². The molecule has 0 saturated heterocycles. The quantitative estimate of drug-likeness (QED) is 0.876. The first-order chi connectivity index (χ1) is 9.27. The molecule has 0 bridgehead atoms. The van der Waals surface area contributed by atoms with E-state index in [1.807, 2.05) is 29.2 Å². The van der Waals surface area contributed by atoms with Gasteiger partial charge >= 0.3 is 0 Å². The van der Waals surface area contributed by atoms with Crippen molar-refractivity contribution in [3.05, 3.63) is 45.4 Å². The number of H-pyrrole nitrogens is 1. The number of ether oxygens (including phenoxy) is 1. The van der Waals surface area contributed by atoms with Crippen molar-refractivity contribution >= 4 is 27.4 Å². The molecule has 1 aromatic carbocycles. The van der Waals surface area contributed by atoms with Crippen LogP contribution in [0.3, 0.4) is 0 Å². The molecule has 0 spiro atoms. The summed E-state index contributed by atoms with van der Waals surface area (Å²) in [4.78, 5) is 20.5. The highest BCUT2D eigenvalue weighted by Crippen LogP contribution is 2.36. The van der Waals surface area contributed by atoms with Crippen LogP contribution in [0.25, 0.3) is 0 Å². The van der Waals surface area contributed by atoms with Crippen molar-refractivity contribution in [1.82, 2.24) is 9.97 Å². The maximum absolute atomic E-state index is 11.7. The van der Waals surface area contributed by atoms with E-state index >= 15 is 0 Å². The summed E-state index contributed by atoms with van der Waals surface area (Å²) in [5.74, 6) is 1.43. The van der Waals surface area contributed by atoms with Crippen LogP contribution in [0.15, 0.2) is 39.9 Å². The molecule has 0 radical (unpaired) electrons. The Hall–Kier alpha value is -1.82. The van der Waals surface area contributed by atoms with E-state index in [0.29, 0.717) is 16.9 Å². The highest BCUT2D eigenvalue weighted by atomic mass is 79.9. The van der Waals surface area contributed by atoms with Gasteiger partial charge in [0, 0.05) is 6.54 Å². The van der Waals surface area contributed by atoms with Gasteiger partial charge in [-0.3, -0.25) is 4.79 Å². The van der Waals surface area contributed by atoms with Gasteiger partial charge in [0.2, 0.25) is 0 Å². The summed E-state index contributed by atoms with van der Waals surface area (Å²) in [7, 11) is 0. The first kappa shape index (κ1) is 12.2. The van der Waals surface area contributed by atoms with Crippen molar-refractivity contribution in [3.8, 4) is 5.75 Å². The molecule has 2 aromatic rings. The molecular formula is C13H12BrN3O2. The topological polar surface area (TPSA) is 58.2 Å². The normalized spacial score (nSPS) is 14.5. The average Bonchev–Trinajstić information content (AvgIpc) is 2.64. The lowest BCUT2D eigenvalue weighted by Crippen LogP contribution is -2.22. The predicted molar refractivity (Wildman–Crippen MR) is 76.1 cm³/mol. The van der Waals surface area contributed by atoms with Crippen LogP contribution in [0.5, 0.6) is 5.75 Å². The molecule has 2 heterocycles. The Bertz CT molecular complexity index is 656. The number of halogens is 1. The first-order valence-electron chi connectivity index (χ1n) is 6.00. The van der Waals surface area contributed by atoms with Gasteiger partial charge in [0.25, 0.3) is 5.56 Å². The Kier molecular flexibility index (Phi) is 3.25. The molecule has 0 fully saturated rings. The van der Waals surface area contributed by atoms with Crippen molar-refractivity contribution < 1.29 is 4.74 Å². The van der Waals surface area contributed by atoms with E-state index in [1.54, 1.807) is 0 Å². The summed E-state index contributed by atoms with van der Waals surface area (Å²) >= 11 is 3.30. The second-order valence-corrected chi connectivity index (χ2v) is 4.98. The van der Waals surface area contributed by atoms with Crippen LogP contribution in [0.2, 0.25) is 0 Å². The van der Waals surface area contributed by atoms with Crippen molar-refractivity contribution in [1.29, 1.82) is 0 Å². The number of hydrogen-bond donors (Lipinski definition) is 1. The molecule has 0 unspecified atom stereocenters. The highest BCUT2D eigenvalue weighted by molar-refractivity contribution is 9.10. The summed E-state index contributed by atoms with van der Waals surface area (Å²) in [6, 6.07) is 7.77. The number of rotatable bonds is 1. The number of fused-ring (bicyclic) bond motifs is 1. The van der Waals surface area contributed by atoms with Crippen molar-refractivity contribution in [2.45, 2.75) is 6.42 Å². The zero-order valence-corrected chi connectivity index (χ0v) is 11.7. The lowest BCUT2D eigenvalue weighted by atomic mass is 10.2. The monoisotopic (exact) mass is 321 g/mol.